The fraction of sp³-hybridized carbons (Fsp3) is 0.0435. The normalized spacial score (nSPS) is 10.9. The topological polar surface area (TPSA) is 92.7 Å². The van der Waals surface area contributed by atoms with Crippen LogP contribution in [0.25, 0.3) is 6.08 Å². The van der Waals surface area contributed by atoms with E-state index in [2.05, 4.69) is 20.8 Å². The quantitative estimate of drug-likeness (QED) is 0.425. The van der Waals surface area contributed by atoms with Crippen LogP contribution in [0.1, 0.15) is 26.3 Å². The van der Waals surface area contributed by atoms with Crippen molar-refractivity contribution in [1.29, 1.82) is 0 Å². The lowest BCUT2D eigenvalue weighted by Crippen LogP contribution is -2.21. The molecule has 0 aliphatic heterocycles. The number of hydrazone groups is 1. The van der Waals surface area contributed by atoms with Crippen LogP contribution in [0.5, 0.6) is 5.75 Å². The summed E-state index contributed by atoms with van der Waals surface area (Å²) in [6.45, 7) is 0. The molecule has 2 aromatic carbocycles. The Labute approximate surface area is 184 Å². The lowest BCUT2D eigenvalue weighted by molar-refractivity contribution is 0.0956. The number of amides is 2. The summed E-state index contributed by atoms with van der Waals surface area (Å²) in [5.41, 5.74) is 4.14. The van der Waals surface area contributed by atoms with E-state index in [9.17, 15) is 9.59 Å². The highest BCUT2D eigenvalue weighted by Crippen LogP contribution is 2.21. The van der Waals surface area contributed by atoms with E-state index in [-0.39, 0.29) is 5.56 Å². The highest BCUT2D eigenvalue weighted by atomic mass is 35.5. The summed E-state index contributed by atoms with van der Waals surface area (Å²) in [7, 11) is 1.59. The summed E-state index contributed by atoms with van der Waals surface area (Å²) < 4.78 is 5.27. The van der Waals surface area contributed by atoms with E-state index < -0.39 is 11.8 Å². The van der Waals surface area contributed by atoms with Crippen molar-refractivity contribution in [1.82, 2.24) is 10.4 Å². The molecule has 0 saturated heterocycles. The summed E-state index contributed by atoms with van der Waals surface area (Å²) >= 11 is 6.03. The molecule has 3 rings (SSSR count). The van der Waals surface area contributed by atoms with Crippen molar-refractivity contribution in [2.45, 2.75) is 0 Å². The predicted molar refractivity (Wildman–Crippen MR) is 122 cm³/mol. The zero-order valence-corrected chi connectivity index (χ0v) is 17.3. The lowest BCUT2D eigenvalue weighted by Gasteiger charge is -2.10. The lowest BCUT2D eigenvalue weighted by atomic mass is 10.1. The number of aromatic nitrogens is 1. The number of hydrogen-bond acceptors (Lipinski definition) is 5. The van der Waals surface area contributed by atoms with E-state index in [1.807, 2.05) is 24.3 Å². The standard InChI is InChI=1S/C23H19ClN4O3/c1-31-21-9-3-2-6-16(21)7-5-13-26-28-23(30)19-14-18(24)10-11-20(19)27-22(29)17-8-4-12-25-15-17/h2-15H,1H3,(H,27,29)(H,28,30). The van der Waals surface area contributed by atoms with Gasteiger partial charge in [-0.15, -0.1) is 0 Å². The van der Waals surface area contributed by atoms with E-state index in [0.29, 0.717) is 16.3 Å². The van der Waals surface area contributed by atoms with Gasteiger partial charge in [-0.2, -0.15) is 5.10 Å². The Morgan fingerprint density at radius 3 is 2.71 bits per heavy atom. The number of anilines is 1. The summed E-state index contributed by atoms with van der Waals surface area (Å²) in [5, 5.41) is 6.95. The number of methoxy groups -OCH3 is 1. The van der Waals surface area contributed by atoms with Crippen LogP contribution in [-0.2, 0) is 0 Å². The third-order valence-corrected chi connectivity index (χ3v) is 4.37. The molecule has 1 heterocycles. The van der Waals surface area contributed by atoms with Crippen molar-refractivity contribution < 1.29 is 14.3 Å². The van der Waals surface area contributed by atoms with Crippen molar-refractivity contribution in [2.24, 2.45) is 5.10 Å². The number of ether oxygens (including phenoxy) is 1. The SMILES string of the molecule is COc1ccccc1C=CC=NNC(=O)c1cc(Cl)ccc1NC(=O)c1cccnc1. The number of allylic oxidation sites excluding steroid dienone is 1. The number of benzene rings is 2. The third kappa shape index (κ3) is 6.01. The average Bonchev–Trinajstić information content (AvgIpc) is 2.80. The number of pyridine rings is 1. The molecule has 2 N–H and O–H groups in total. The van der Waals surface area contributed by atoms with E-state index in [0.717, 1.165) is 11.3 Å². The summed E-state index contributed by atoms with van der Waals surface area (Å²) in [6.07, 6.45) is 7.90. The zero-order valence-electron chi connectivity index (χ0n) is 16.6. The van der Waals surface area contributed by atoms with Gasteiger partial charge in [-0.25, -0.2) is 5.43 Å². The summed E-state index contributed by atoms with van der Waals surface area (Å²) in [4.78, 5) is 28.9. The van der Waals surface area contributed by atoms with E-state index in [1.54, 1.807) is 49.7 Å². The molecule has 0 saturated carbocycles. The molecule has 0 radical (unpaired) electrons. The minimum atomic E-state index is -0.522. The van der Waals surface area contributed by atoms with Gasteiger partial charge in [-0.05, 0) is 48.6 Å². The van der Waals surface area contributed by atoms with Gasteiger partial charge in [-0.3, -0.25) is 14.6 Å². The first kappa shape index (κ1) is 21.7. The molecule has 0 bridgehead atoms. The van der Waals surface area contributed by atoms with Crippen LogP contribution in [0, 0.1) is 0 Å². The number of rotatable bonds is 7. The number of carbonyl (C=O) groups is 2. The molecule has 7 nitrogen and oxygen atoms in total. The van der Waals surface area contributed by atoms with Crippen LogP contribution < -0.4 is 15.5 Å². The maximum absolute atomic E-state index is 12.6. The van der Waals surface area contributed by atoms with Crippen molar-refractivity contribution in [3.63, 3.8) is 0 Å². The molecule has 0 unspecified atom stereocenters. The van der Waals surface area contributed by atoms with Crippen molar-refractivity contribution >= 4 is 41.4 Å². The molecular formula is C23H19ClN4O3. The van der Waals surface area contributed by atoms with Gasteiger partial charge in [0.15, 0.2) is 0 Å². The van der Waals surface area contributed by atoms with Gasteiger partial charge in [0.25, 0.3) is 11.8 Å². The summed E-state index contributed by atoms with van der Waals surface area (Å²) in [6, 6.07) is 15.4. The molecule has 0 fully saturated rings. The fourth-order valence-electron chi connectivity index (χ4n) is 2.65. The fourth-order valence-corrected chi connectivity index (χ4v) is 2.83. The van der Waals surface area contributed by atoms with Crippen LogP contribution in [0.3, 0.4) is 0 Å². The number of nitrogens with zero attached hydrogens (tertiary/aromatic N) is 2. The van der Waals surface area contributed by atoms with Gasteiger partial charge in [-0.1, -0.05) is 29.8 Å². The molecule has 8 heteroatoms. The second-order valence-electron chi connectivity index (χ2n) is 6.21. The molecule has 1 aromatic heterocycles. The molecule has 0 aliphatic carbocycles. The highest BCUT2D eigenvalue weighted by molar-refractivity contribution is 6.31. The molecule has 3 aromatic rings. The first-order valence-corrected chi connectivity index (χ1v) is 9.60. The maximum Gasteiger partial charge on any atom is 0.273 e. The van der Waals surface area contributed by atoms with Gasteiger partial charge < -0.3 is 10.1 Å². The minimum absolute atomic E-state index is 0.176. The molecular weight excluding hydrogens is 416 g/mol. The second kappa shape index (κ2) is 10.7. The average molecular weight is 435 g/mol. The number of halogens is 1. The largest absolute Gasteiger partial charge is 0.496 e. The molecule has 0 aliphatic rings. The Hall–Kier alpha value is -3.97. The van der Waals surface area contributed by atoms with Crippen LogP contribution in [0.2, 0.25) is 5.02 Å². The minimum Gasteiger partial charge on any atom is -0.496 e. The summed E-state index contributed by atoms with van der Waals surface area (Å²) in [5.74, 6) is -0.192. The maximum atomic E-state index is 12.6. The van der Waals surface area contributed by atoms with E-state index in [1.165, 1.54) is 18.5 Å². The highest BCUT2D eigenvalue weighted by Gasteiger charge is 2.15. The third-order valence-electron chi connectivity index (χ3n) is 4.14. The number of carbonyl (C=O) groups excluding carboxylic acids is 2. The van der Waals surface area contributed by atoms with Crippen molar-refractivity contribution in [2.75, 3.05) is 12.4 Å². The smallest absolute Gasteiger partial charge is 0.273 e. The van der Waals surface area contributed by atoms with Crippen LogP contribution >= 0.6 is 11.6 Å². The zero-order chi connectivity index (χ0) is 22.1. The Bertz CT molecular complexity index is 1130. The van der Waals surface area contributed by atoms with Gasteiger partial charge in [0.1, 0.15) is 5.75 Å². The van der Waals surface area contributed by atoms with Gasteiger partial charge >= 0.3 is 0 Å². The van der Waals surface area contributed by atoms with Gasteiger partial charge in [0.2, 0.25) is 0 Å². The molecule has 0 atom stereocenters. The second-order valence-corrected chi connectivity index (χ2v) is 6.64. The number of nitrogens with one attached hydrogen (secondary N) is 2. The Balaban J connectivity index is 1.68. The van der Waals surface area contributed by atoms with Crippen LogP contribution in [0.4, 0.5) is 5.69 Å². The molecule has 31 heavy (non-hydrogen) atoms. The van der Waals surface area contributed by atoms with Gasteiger partial charge in [0.05, 0.1) is 23.9 Å². The van der Waals surface area contributed by atoms with E-state index in [4.69, 9.17) is 16.3 Å². The van der Waals surface area contributed by atoms with E-state index >= 15 is 0 Å². The number of para-hydroxylation sites is 1. The van der Waals surface area contributed by atoms with Crippen molar-refractivity contribution in [3.8, 4) is 5.75 Å². The molecule has 2 amide bonds. The van der Waals surface area contributed by atoms with Gasteiger partial charge in [0, 0.05) is 29.2 Å². The molecule has 156 valence electrons. The Kier molecular flexibility index (Phi) is 7.50. The predicted octanol–water partition coefficient (Wildman–Crippen LogP) is 4.42. The van der Waals surface area contributed by atoms with Crippen LogP contribution in [0.15, 0.2) is 78.2 Å². The number of hydrogen-bond donors (Lipinski definition) is 2. The molecule has 0 spiro atoms. The van der Waals surface area contributed by atoms with Crippen molar-refractivity contribution in [3.05, 3.63) is 94.8 Å². The Morgan fingerprint density at radius 2 is 1.94 bits per heavy atom. The Morgan fingerprint density at radius 1 is 1.10 bits per heavy atom. The first-order chi connectivity index (χ1) is 15.1. The van der Waals surface area contributed by atoms with Crippen LogP contribution in [-0.4, -0.2) is 30.1 Å². The monoisotopic (exact) mass is 434 g/mol. The first-order valence-electron chi connectivity index (χ1n) is 9.22.